The first-order valence-electron chi connectivity index (χ1n) is 15.3. The molecule has 7 aromatic rings. The fourth-order valence-corrected chi connectivity index (χ4v) is 5.93. The SMILES string of the molecule is CC(C)c1cc(C(C)C)cc(-n2c(-c3cccc(-c4cccc(-c5cc6ccccc6cc5O)n4)c3)nc3ccccc32)c1. The number of aromatic nitrogens is 3. The minimum atomic E-state index is 0.222. The molecule has 0 unspecified atom stereocenters. The molecule has 2 heterocycles. The van der Waals surface area contributed by atoms with Crippen molar-refractivity contribution < 1.29 is 5.11 Å². The molecule has 0 saturated heterocycles. The molecular formula is C40H35N3O. The van der Waals surface area contributed by atoms with Crippen LogP contribution in [0.3, 0.4) is 0 Å². The molecule has 0 fully saturated rings. The van der Waals surface area contributed by atoms with Crippen molar-refractivity contribution in [2.24, 2.45) is 0 Å². The Morgan fingerprint density at radius 1 is 0.568 bits per heavy atom. The molecule has 0 saturated carbocycles. The highest BCUT2D eigenvalue weighted by atomic mass is 16.3. The number of para-hydroxylation sites is 2. The quantitative estimate of drug-likeness (QED) is 0.215. The molecule has 4 nitrogen and oxygen atoms in total. The maximum Gasteiger partial charge on any atom is 0.145 e. The molecule has 0 bridgehead atoms. The van der Waals surface area contributed by atoms with Crippen LogP contribution in [0.4, 0.5) is 0 Å². The Hall–Kier alpha value is -5.22. The number of aromatic hydroxyl groups is 1. The third-order valence-electron chi connectivity index (χ3n) is 8.42. The first-order chi connectivity index (χ1) is 21.4. The number of fused-ring (bicyclic) bond motifs is 2. The summed E-state index contributed by atoms with van der Waals surface area (Å²) >= 11 is 0. The smallest absolute Gasteiger partial charge is 0.145 e. The molecule has 0 atom stereocenters. The van der Waals surface area contributed by atoms with Crippen LogP contribution < -0.4 is 0 Å². The summed E-state index contributed by atoms with van der Waals surface area (Å²) in [5.41, 5.74) is 10.1. The standard InChI is InChI=1S/C40H35N3O/c1-25(2)31-20-32(26(3)4)22-33(21-31)43-38-18-8-7-15-37(38)42-40(43)30-14-9-13-29(19-30)35-16-10-17-36(41-35)34-23-27-11-5-6-12-28(27)24-39(34)44/h5-26,44H,1-4H3. The van der Waals surface area contributed by atoms with E-state index in [4.69, 9.17) is 9.97 Å². The normalized spacial score (nSPS) is 11.7. The minimum Gasteiger partial charge on any atom is -0.507 e. The topological polar surface area (TPSA) is 50.9 Å². The molecule has 5 aromatic carbocycles. The number of phenolic OH excluding ortho intramolecular Hbond substituents is 1. The van der Waals surface area contributed by atoms with Gasteiger partial charge in [0, 0.05) is 22.4 Å². The summed E-state index contributed by atoms with van der Waals surface area (Å²) in [6.07, 6.45) is 0. The second-order valence-electron chi connectivity index (χ2n) is 12.1. The molecule has 0 radical (unpaired) electrons. The van der Waals surface area contributed by atoms with Gasteiger partial charge in [0.2, 0.25) is 0 Å². The zero-order valence-corrected chi connectivity index (χ0v) is 25.5. The number of nitrogens with zero attached hydrogens (tertiary/aromatic N) is 3. The van der Waals surface area contributed by atoms with Crippen LogP contribution in [0.25, 0.3) is 61.4 Å². The van der Waals surface area contributed by atoms with Crippen molar-refractivity contribution in [1.29, 1.82) is 0 Å². The molecule has 0 amide bonds. The lowest BCUT2D eigenvalue weighted by atomic mass is 9.94. The predicted octanol–water partition coefficient (Wildman–Crippen LogP) is 10.5. The molecule has 44 heavy (non-hydrogen) atoms. The number of hydrogen-bond acceptors (Lipinski definition) is 3. The monoisotopic (exact) mass is 573 g/mol. The lowest BCUT2D eigenvalue weighted by Gasteiger charge is -2.17. The highest BCUT2D eigenvalue weighted by Crippen LogP contribution is 2.36. The third kappa shape index (κ3) is 5.03. The Kier molecular flexibility index (Phi) is 6.98. The van der Waals surface area contributed by atoms with Gasteiger partial charge in [-0.1, -0.05) is 94.4 Å². The van der Waals surface area contributed by atoms with Gasteiger partial charge in [-0.25, -0.2) is 9.97 Å². The summed E-state index contributed by atoms with van der Waals surface area (Å²) in [6.45, 7) is 8.99. The summed E-state index contributed by atoms with van der Waals surface area (Å²) in [4.78, 5) is 10.2. The lowest BCUT2D eigenvalue weighted by molar-refractivity contribution is 0.478. The molecule has 0 aliphatic rings. The van der Waals surface area contributed by atoms with Crippen molar-refractivity contribution >= 4 is 21.8 Å². The number of pyridine rings is 1. The van der Waals surface area contributed by atoms with E-state index in [9.17, 15) is 5.11 Å². The number of benzene rings is 5. The van der Waals surface area contributed by atoms with Crippen molar-refractivity contribution in [2.75, 3.05) is 0 Å². The van der Waals surface area contributed by atoms with Crippen LogP contribution >= 0.6 is 0 Å². The van der Waals surface area contributed by atoms with Crippen molar-refractivity contribution in [3.8, 4) is 45.3 Å². The van der Waals surface area contributed by atoms with Gasteiger partial charge in [-0.05, 0) is 88.3 Å². The molecule has 4 heteroatoms. The molecule has 216 valence electrons. The largest absolute Gasteiger partial charge is 0.507 e. The van der Waals surface area contributed by atoms with Gasteiger partial charge in [0.15, 0.2) is 0 Å². The van der Waals surface area contributed by atoms with E-state index >= 15 is 0 Å². The van der Waals surface area contributed by atoms with Crippen LogP contribution in [-0.4, -0.2) is 19.6 Å². The zero-order chi connectivity index (χ0) is 30.4. The Bertz CT molecular complexity index is 2130. The van der Waals surface area contributed by atoms with Gasteiger partial charge < -0.3 is 5.11 Å². The summed E-state index contributed by atoms with van der Waals surface area (Å²) in [6, 6.07) is 41.6. The van der Waals surface area contributed by atoms with Gasteiger partial charge in [0.05, 0.1) is 22.4 Å². The number of rotatable bonds is 6. The van der Waals surface area contributed by atoms with Crippen LogP contribution in [0, 0.1) is 0 Å². The van der Waals surface area contributed by atoms with E-state index in [1.807, 2.05) is 54.6 Å². The van der Waals surface area contributed by atoms with E-state index < -0.39 is 0 Å². The Morgan fingerprint density at radius 3 is 1.95 bits per heavy atom. The number of phenols is 1. The van der Waals surface area contributed by atoms with Gasteiger partial charge in [-0.2, -0.15) is 0 Å². The van der Waals surface area contributed by atoms with E-state index in [1.165, 1.54) is 11.1 Å². The highest BCUT2D eigenvalue weighted by molar-refractivity contribution is 5.90. The number of imidazole rings is 1. The van der Waals surface area contributed by atoms with Crippen LogP contribution in [0.15, 0.2) is 121 Å². The molecular weight excluding hydrogens is 538 g/mol. The minimum absolute atomic E-state index is 0.222. The van der Waals surface area contributed by atoms with Crippen molar-refractivity contribution in [2.45, 2.75) is 39.5 Å². The maximum atomic E-state index is 10.9. The van der Waals surface area contributed by atoms with Gasteiger partial charge in [0.1, 0.15) is 11.6 Å². The van der Waals surface area contributed by atoms with E-state index in [2.05, 4.69) is 99.0 Å². The maximum absolute atomic E-state index is 10.9. The number of hydrogen-bond donors (Lipinski definition) is 1. The lowest BCUT2D eigenvalue weighted by Crippen LogP contribution is -2.02. The van der Waals surface area contributed by atoms with Crippen molar-refractivity contribution in [3.05, 3.63) is 132 Å². The highest BCUT2D eigenvalue weighted by Gasteiger charge is 2.18. The Labute approximate surface area is 258 Å². The fraction of sp³-hybridized carbons (Fsp3) is 0.150. The van der Waals surface area contributed by atoms with Gasteiger partial charge in [-0.3, -0.25) is 4.57 Å². The molecule has 0 spiro atoms. The third-order valence-corrected chi connectivity index (χ3v) is 8.42. The predicted molar refractivity (Wildman–Crippen MR) is 183 cm³/mol. The molecule has 0 aliphatic carbocycles. The average molecular weight is 574 g/mol. The fourth-order valence-electron chi connectivity index (χ4n) is 5.93. The first-order valence-corrected chi connectivity index (χ1v) is 15.3. The van der Waals surface area contributed by atoms with Crippen LogP contribution in [0.2, 0.25) is 0 Å². The summed E-state index contributed by atoms with van der Waals surface area (Å²) in [7, 11) is 0. The van der Waals surface area contributed by atoms with Gasteiger partial charge in [0.25, 0.3) is 0 Å². The van der Waals surface area contributed by atoms with Crippen LogP contribution in [-0.2, 0) is 0 Å². The summed E-state index contributed by atoms with van der Waals surface area (Å²) in [5, 5.41) is 12.9. The van der Waals surface area contributed by atoms with Gasteiger partial charge in [-0.15, -0.1) is 0 Å². The second-order valence-corrected chi connectivity index (χ2v) is 12.1. The van der Waals surface area contributed by atoms with Gasteiger partial charge >= 0.3 is 0 Å². The van der Waals surface area contributed by atoms with E-state index in [-0.39, 0.29) is 5.75 Å². The Morgan fingerprint density at radius 2 is 1.20 bits per heavy atom. The van der Waals surface area contributed by atoms with E-state index in [0.717, 1.165) is 61.4 Å². The van der Waals surface area contributed by atoms with Crippen LogP contribution in [0.5, 0.6) is 5.75 Å². The van der Waals surface area contributed by atoms with Crippen molar-refractivity contribution in [1.82, 2.24) is 14.5 Å². The first kappa shape index (κ1) is 27.6. The molecule has 7 rings (SSSR count). The molecule has 1 N–H and O–H groups in total. The Balaban J connectivity index is 1.36. The van der Waals surface area contributed by atoms with Crippen LogP contribution in [0.1, 0.15) is 50.7 Å². The van der Waals surface area contributed by atoms with E-state index in [1.54, 1.807) is 0 Å². The molecule has 0 aliphatic heterocycles. The zero-order valence-electron chi connectivity index (χ0n) is 25.5. The van der Waals surface area contributed by atoms with Crippen molar-refractivity contribution in [3.63, 3.8) is 0 Å². The summed E-state index contributed by atoms with van der Waals surface area (Å²) in [5.74, 6) is 1.94. The second kappa shape index (κ2) is 11.1. The molecule has 2 aromatic heterocycles. The summed E-state index contributed by atoms with van der Waals surface area (Å²) < 4.78 is 2.29. The van der Waals surface area contributed by atoms with E-state index in [0.29, 0.717) is 11.8 Å². The average Bonchev–Trinajstić information content (AvgIpc) is 3.44.